The Bertz CT molecular complexity index is 501. The molecule has 2 atom stereocenters. The third kappa shape index (κ3) is 3.88. The van der Waals surface area contributed by atoms with E-state index in [9.17, 15) is 20.1 Å². The lowest BCUT2D eigenvalue weighted by Gasteiger charge is -2.31. The molecule has 1 amide bonds. The molecule has 1 aromatic carbocycles. The minimum absolute atomic E-state index is 0.0262. The number of phenolic OH excluding ortho intramolecular Hbond substituents is 2. The van der Waals surface area contributed by atoms with Crippen LogP contribution in [0.4, 0.5) is 0 Å². The summed E-state index contributed by atoms with van der Waals surface area (Å²) >= 11 is 0. The van der Waals surface area contributed by atoms with Crippen molar-refractivity contribution in [2.24, 2.45) is 0 Å². The highest BCUT2D eigenvalue weighted by molar-refractivity contribution is 5.97. The van der Waals surface area contributed by atoms with Crippen molar-refractivity contribution in [2.45, 2.75) is 51.2 Å². The fourth-order valence-electron chi connectivity index (χ4n) is 2.93. The van der Waals surface area contributed by atoms with Crippen LogP contribution < -0.4 is 0 Å². The summed E-state index contributed by atoms with van der Waals surface area (Å²) < 4.78 is 0. The van der Waals surface area contributed by atoms with Gasteiger partial charge in [-0.15, -0.1) is 0 Å². The first-order chi connectivity index (χ1) is 9.99. The van der Waals surface area contributed by atoms with Crippen LogP contribution in [0.1, 0.15) is 49.4 Å². The van der Waals surface area contributed by atoms with E-state index in [0.29, 0.717) is 13.0 Å². The lowest BCUT2D eigenvalue weighted by atomic mass is 10.0. The van der Waals surface area contributed by atoms with Crippen LogP contribution in [0.2, 0.25) is 0 Å². The van der Waals surface area contributed by atoms with E-state index >= 15 is 0 Å². The quantitative estimate of drug-likeness (QED) is 0.747. The molecule has 5 heteroatoms. The SMILES string of the molecule is CC(O)CC1CCCCCN1C(=O)c1cc(O)ccc1O. The summed E-state index contributed by atoms with van der Waals surface area (Å²) in [6.45, 7) is 2.34. The molecule has 1 heterocycles. The summed E-state index contributed by atoms with van der Waals surface area (Å²) in [5.74, 6) is -0.452. The van der Waals surface area contributed by atoms with Crippen LogP contribution in [0.15, 0.2) is 18.2 Å². The van der Waals surface area contributed by atoms with Crippen molar-refractivity contribution < 1.29 is 20.1 Å². The van der Waals surface area contributed by atoms with Gasteiger partial charge in [0.05, 0.1) is 11.7 Å². The van der Waals surface area contributed by atoms with Crippen molar-refractivity contribution in [1.82, 2.24) is 4.90 Å². The van der Waals surface area contributed by atoms with E-state index in [-0.39, 0.29) is 29.0 Å². The van der Waals surface area contributed by atoms with Gasteiger partial charge in [0, 0.05) is 12.6 Å². The topological polar surface area (TPSA) is 81.0 Å². The van der Waals surface area contributed by atoms with Gasteiger partial charge in [-0.05, 0) is 44.4 Å². The van der Waals surface area contributed by atoms with E-state index in [1.54, 1.807) is 11.8 Å². The molecular weight excluding hydrogens is 270 g/mol. The maximum absolute atomic E-state index is 12.7. The number of hydrogen-bond acceptors (Lipinski definition) is 4. The number of phenols is 2. The number of carbonyl (C=O) groups is 1. The van der Waals surface area contributed by atoms with Crippen LogP contribution in [-0.4, -0.2) is 44.8 Å². The second-order valence-electron chi connectivity index (χ2n) is 5.79. The summed E-state index contributed by atoms with van der Waals surface area (Å²) in [4.78, 5) is 14.4. The van der Waals surface area contributed by atoms with Crippen molar-refractivity contribution in [3.8, 4) is 11.5 Å². The molecule has 0 aliphatic carbocycles. The Morgan fingerprint density at radius 2 is 2.10 bits per heavy atom. The third-order valence-corrected chi connectivity index (χ3v) is 3.96. The average molecular weight is 293 g/mol. The Kier molecular flexibility index (Phi) is 5.07. The van der Waals surface area contributed by atoms with E-state index in [1.807, 2.05) is 0 Å². The molecule has 21 heavy (non-hydrogen) atoms. The van der Waals surface area contributed by atoms with Crippen molar-refractivity contribution in [2.75, 3.05) is 6.54 Å². The summed E-state index contributed by atoms with van der Waals surface area (Å²) in [7, 11) is 0. The van der Waals surface area contributed by atoms with Crippen LogP contribution in [0.25, 0.3) is 0 Å². The van der Waals surface area contributed by atoms with Crippen molar-refractivity contribution in [3.63, 3.8) is 0 Å². The minimum Gasteiger partial charge on any atom is -0.508 e. The highest BCUT2D eigenvalue weighted by atomic mass is 16.3. The fraction of sp³-hybridized carbons (Fsp3) is 0.562. The third-order valence-electron chi connectivity index (χ3n) is 3.96. The summed E-state index contributed by atoms with van der Waals surface area (Å²) in [5, 5.41) is 29.0. The average Bonchev–Trinajstić information content (AvgIpc) is 2.65. The first kappa shape index (κ1) is 15.6. The Morgan fingerprint density at radius 1 is 1.33 bits per heavy atom. The summed E-state index contributed by atoms with van der Waals surface area (Å²) in [5.41, 5.74) is 0.118. The molecule has 0 radical (unpaired) electrons. The molecule has 1 aliphatic heterocycles. The zero-order valence-corrected chi connectivity index (χ0v) is 12.3. The molecule has 116 valence electrons. The maximum atomic E-state index is 12.7. The molecule has 1 aliphatic rings. The van der Waals surface area contributed by atoms with E-state index in [2.05, 4.69) is 0 Å². The monoisotopic (exact) mass is 293 g/mol. The first-order valence-corrected chi connectivity index (χ1v) is 7.50. The maximum Gasteiger partial charge on any atom is 0.257 e. The molecule has 3 N–H and O–H groups in total. The van der Waals surface area contributed by atoms with Crippen LogP contribution in [0.5, 0.6) is 11.5 Å². The summed E-state index contributed by atoms with van der Waals surface area (Å²) in [6.07, 6.45) is 3.93. The molecular formula is C16H23NO4. The van der Waals surface area contributed by atoms with Crippen LogP contribution >= 0.6 is 0 Å². The number of hydrogen-bond donors (Lipinski definition) is 3. The number of amides is 1. The van der Waals surface area contributed by atoms with Gasteiger partial charge in [0.1, 0.15) is 11.5 Å². The predicted molar refractivity (Wildman–Crippen MR) is 79.4 cm³/mol. The lowest BCUT2D eigenvalue weighted by Crippen LogP contribution is -2.41. The van der Waals surface area contributed by atoms with Gasteiger partial charge in [0.2, 0.25) is 0 Å². The normalized spacial score (nSPS) is 20.9. The highest BCUT2D eigenvalue weighted by Gasteiger charge is 2.28. The summed E-state index contributed by atoms with van der Waals surface area (Å²) in [6, 6.07) is 3.94. The molecule has 1 saturated heterocycles. The van der Waals surface area contributed by atoms with Crippen LogP contribution in [0, 0.1) is 0 Å². The molecule has 2 rings (SSSR count). The van der Waals surface area contributed by atoms with E-state index < -0.39 is 6.10 Å². The molecule has 1 aromatic rings. The van der Waals surface area contributed by atoms with Gasteiger partial charge in [-0.3, -0.25) is 4.79 Å². The van der Waals surface area contributed by atoms with Crippen molar-refractivity contribution in [1.29, 1.82) is 0 Å². The Hall–Kier alpha value is -1.75. The number of aliphatic hydroxyl groups is 1. The van der Waals surface area contributed by atoms with Crippen molar-refractivity contribution in [3.05, 3.63) is 23.8 Å². The predicted octanol–water partition coefficient (Wildman–Crippen LogP) is 2.25. The molecule has 5 nitrogen and oxygen atoms in total. The van der Waals surface area contributed by atoms with Gasteiger partial charge in [0.15, 0.2) is 0 Å². The number of likely N-dealkylation sites (tertiary alicyclic amines) is 1. The van der Waals surface area contributed by atoms with Gasteiger partial charge >= 0.3 is 0 Å². The van der Waals surface area contributed by atoms with E-state index in [4.69, 9.17) is 0 Å². The second kappa shape index (κ2) is 6.80. The molecule has 0 aromatic heterocycles. The zero-order valence-electron chi connectivity index (χ0n) is 12.3. The van der Waals surface area contributed by atoms with Gasteiger partial charge in [-0.25, -0.2) is 0 Å². The van der Waals surface area contributed by atoms with Gasteiger partial charge in [-0.1, -0.05) is 12.8 Å². The first-order valence-electron chi connectivity index (χ1n) is 7.50. The highest BCUT2D eigenvalue weighted by Crippen LogP contribution is 2.27. The molecule has 1 fully saturated rings. The van der Waals surface area contributed by atoms with Gasteiger partial charge < -0.3 is 20.2 Å². The number of rotatable bonds is 3. The van der Waals surface area contributed by atoms with Crippen molar-refractivity contribution >= 4 is 5.91 Å². The molecule has 2 unspecified atom stereocenters. The Labute approximate surface area is 124 Å². The molecule has 0 bridgehead atoms. The Morgan fingerprint density at radius 3 is 2.81 bits per heavy atom. The number of carbonyl (C=O) groups excluding carboxylic acids is 1. The molecule has 0 saturated carbocycles. The van der Waals surface area contributed by atoms with E-state index in [1.165, 1.54) is 18.2 Å². The standard InChI is InChI=1S/C16H23NO4/c1-11(18)9-12-5-3-2-4-8-17(12)16(21)14-10-13(19)6-7-15(14)20/h6-7,10-12,18-20H,2-5,8-9H2,1H3. The Balaban J connectivity index is 2.26. The van der Waals surface area contributed by atoms with Gasteiger partial charge in [-0.2, -0.15) is 0 Å². The number of aromatic hydroxyl groups is 2. The minimum atomic E-state index is -0.471. The number of benzene rings is 1. The number of aliphatic hydroxyl groups excluding tert-OH is 1. The fourth-order valence-corrected chi connectivity index (χ4v) is 2.93. The zero-order chi connectivity index (χ0) is 15.4. The second-order valence-corrected chi connectivity index (χ2v) is 5.79. The molecule has 0 spiro atoms. The number of nitrogens with zero attached hydrogens (tertiary/aromatic N) is 1. The lowest BCUT2D eigenvalue weighted by molar-refractivity contribution is 0.0604. The van der Waals surface area contributed by atoms with Crippen LogP contribution in [0.3, 0.4) is 0 Å². The van der Waals surface area contributed by atoms with Crippen LogP contribution in [-0.2, 0) is 0 Å². The van der Waals surface area contributed by atoms with E-state index in [0.717, 1.165) is 25.7 Å². The van der Waals surface area contributed by atoms with Gasteiger partial charge in [0.25, 0.3) is 5.91 Å². The largest absolute Gasteiger partial charge is 0.508 e. The smallest absolute Gasteiger partial charge is 0.257 e.